The van der Waals surface area contributed by atoms with E-state index < -0.39 is 11.9 Å². The normalized spacial score (nSPS) is 12.5. The summed E-state index contributed by atoms with van der Waals surface area (Å²) < 4.78 is 18.3. The van der Waals surface area contributed by atoms with Crippen LogP contribution in [0.5, 0.6) is 17.2 Å². The highest BCUT2D eigenvalue weighted by atomic mass is 16.5. The van der Waals surface area contributed by atoms with Crippen LogP contribution < -0.4 is 14.2 Å². The standard InChI is InChI=1S/C31H44O7/c1-5-7-9-11-13-22(3)37-28-15-24(16-29(20-28)38-23(4)14-12-10-8-6-2)21-36-27-18-25(30(32)33)17-26(19-27)31(34)35/h15-20,22-23H,5-14,21H2,1-4H3,(H,32,33)(H,34,35)/t22-,23-/m1/s1. The molecule has 2 atom stereocenters. The van der Waals surface area contributed by atoms with Gasteiger partial charge in [-0.25, -0.2) is 9.59 Å². The number of rotatable bonds is 19. The molecule has 0 amide bonds. The van der Waals surface area contributed by atoms with Gasteiger partial charge in [-0.1, -0.05) is 52.4 Å². The van der Waals surface area contributed by atoms with E-state index in [-0.39, 0.29) is 35.7 Å². The molecule has 0 heterocycles. The zero-order chi connectivity index (χ0) is 27.9. The highest BCUT2D eigenvalue weighted by Crippen LogP contribution is 2.28. The largest absolute Gasteiger partial charge is 0.491 e. The van der Waals surface area contributed by atoms with E-state index in [2.05, 4.69) is 27.7 Å². The Bertz CT molecular complexity index is 947. The Balaban J connectivity index is 2.18. The van der Waals surface area contributed by atoms with Crippen LogP contribution in [0.2, 0.25) is 0 Å². The summed E-state index contributed by atoms with van der Waals surface area (Å²) in [6.45, 7) is 8.62. The monoisotopic (exact) mass is 528 g/mol. The third-order valence-corrected chi connectivity index (χ3v) is 6.35. The van der Waals surface area contributed by atoms with Gasteiger partial charge in [-0.15, -0.1) is 0 Å². The van der Waals surface area contributed by atoms with Crippen LogP contribution in [-0.2, 0) is 6.61 Å². The van der Waals surface area contributed by atoms with Crippen molar-refractivity contribution < 1.29 is 34.0 Å². The second-order valence-corrected chi connectivity index (χ2v) is 10.0. The van der Waals surface area contributed by atoms with Gasteiger partial charge < -0.3 is 24.4 Å². The van der Waals surface area contributed by atoms with E-state index in [4.69, 9.17) is 14.2 Å². The van der Waals surface area contributed by atoms with E-state index in [0.29, 0.717) is 11.5 Å². The molecule has 0 saturated carbocycles. The lowest BCUT2D eigenvalue weighted by atomic mass is 10.1. The summed E-state index contributed by atoms with van der Waals surface area (Å²) in [5.74, 6) is -0.889. The first-order valence-electron chi connectivity index (χ1n) is 13.9. The van der Waals surface area contributed by atoms with Crippen molar-refractivity contribution in [1.29, 1.82) is 0 Å². The molecule has 7 nitrogen and oxygen atoms in total. The molecule has 2 rings (SSSR count). The van der Waals surface area contributed by atoms with Gasteiger partial charge in [0.15, 0.2) is 0 Å². The van der Waals surface area contributed by atoms with Gasteiger partial charge in [0, 0.05) is 6.07 Å². The smallest absolute Gasteiger partial charge is 0.335 e. The maximum atomic E-state index is 11.4. The van der Waals surface area contributed by atoms with Crippen molar-refractivity contribution >= 4 is 11.9 Å². The molecule has 0 aromatic heterocycles. The predicted octanol–water partition coefficient (Wildman–Crippen LogP) is 8.14. The lowest BCUT2D eigenvalue weighted by molar-refractivity contribution is 0.0696. The molecule has 0 spiro atoms. The summed E-state index contributed by atoms with van der Waals surface area (Å²) in [6, 6.07) is 9.44. The minimum absolute atomic E-state index is 0.0488. The summed E-state index contributed by atoms with van der Waals surface area (Å²) in [6.07, 6.45) is 11.5. The SMILES string of the molecule is CCCCCC[C@@H](C)Oc1cc(COc2cc(C(=O)O)cc(C(=O)O)c2)cc(O[C@H](C)CCCCCC)c1. The third kappa shape index (κ3) is 11.4. The van der Waals surface area contributed by atoms with Crippen LogP contribution in [0.25, 0.3) is 0 Å². The minimum atomic E-state index is -1.22. The summed E-state index contributed by atoms with van der Waals surface area (Å²) in [4.78, 5) is 22.9. The van der Waals surface area contributed by atoms with Crippen LogP contribution in [0.15, 0.2) is 36.4 Å². The van der Waals surface area contributed by atoms with Gasteiger partial charge in [-0.05, 0) is 75.4 Å². The lowest BCUT2D eigenvalue weighted by Crippen LogP contribution is -2.14. The van der Waals surface area contributed by atoms with Crippen LogP contribution in [0.4, 0.5) is 0 Å². The Kier molecular flexibility index (Phi) is 13.5. The Hall–Kier alpha value is -3.22. The second kappa shape index (κ2) is 16.6. The molecule has 0 radical (unpaired) electrons. The average molecular weight is 529 g/mol. The molecule has 0 saturated heterocycles. The summed E-state index contributed by atoms with van der Waals surface area (Å²) in [5.41, 5.74) is 0.496. The maximum Gasteiger partial charge on any atom is 0.335 e. The molecule has 0 aliphatic rings. The van der Waals surface area contributed by atoms with E-state index in [1.165, 1.54) is 50.7 Å². The maximum absolute atomic E-state index is 11.4. The van der Waals surface area contributed by atoms with Crippen LogP contribution in [-0.4, -0.2) is 34.4 Å². The first-order chi connectivity index (χ1) is 18.2. The zero-order valence-electron chi connectivity index (χ0n) is 23.3. The van der Waals surface area contributed by atoms with Crippen molar-refractivity contribution in [3.63, 3.8) is 0 Å². The number of unbranched alkanes of at least 4 members (excludes halogenated alkanes) is 6. The summed E-state index contributed by atoms with van der Waals surface area (Å²) in [7, 11) is 0. The lowest BCUT2D eigenvalue weighted by Gasteiger charge is -2.19. The number of carbonyl (C=O) groups is 2. The van der Waals surface area contributed by atoms with Crippen molar-refractivity contribution in [2.45, 2.75) is 111 Å². The van der Waals surface area contributed by atoms with Gasteiger partial charge in [0.05, 0.1) is 23.3 Å². The Morgan fingerprint density at radius 1 is 0.658 bits per heavy atom. The van der Waals surface area contributed by atoms with Crippen LogP contribution in [0.3, 0.4) is 0 Å². The highest BCUT2D eigenvalue weighted by molar-refractivity contribution is 5.94. The van der Waals surface area contributed by atoms with E-state index in [1.54, 1.807) is 0 Å². The van der Waals surface area contributed by atoms with Crippen molar-refractivity contribution in [2.75, 3.05) is 0 Å². The summed E-state index contributed by atoms with van der Waals surface area (Å²) in [5, 5.41) is 18.7. The number of hydrogen-bond donors (Lipinski definition) is 2. The average Bonchev–Trinajstić information content (AvgIpc) is 2.87. The topological polar surface area (TPSA) is 102 Å². The Morgan fingerprint density at radius 3 is 1.55 bits per heavy atom. The molecule has 210 valence electrons. The van der Waals surface area contributed by atoms with E-state index in [9.17, 15) is 19.8 Å². The number of ether oxygens (including phenoxy) is 3. The molecule has 0 unspecified atom stereocenters. The van der Waals surface area contributed by atoms with Gasteiger partial charge in [0.1, 0.15) is 23.9 Å². The van der Waals surface area contributed by atoms with Gasteiger partial charge in [0.25, 0.3) is 0 Å². The molecule has 2 aromatic carbocycles. The molecule has 2 aromatic rings. The molecule has 0 aliphatic carbocycles. The number of carboxylic acids is 2. The van der Waals surface area contributed by atoms with Crippen LogP contribution in [0, 0.1) is 0 Å². The van der Waals surface area contributed by atoms with Crippen molar-refractivity contribution in [3.05, 3.63) is 53.1 Å². The van der Waals surface area contributed by atoms with Gasteiger partial charge >= 0.3 is 11.9 Å². The highest BCUT2D eigenvalue weighted by Gasteiger charge is 2.14. The molecule has 0 bridgehead atoms. The first kappa shape index (κ1) is 31.0. The summed E-state index contributed by atoms with van der Waals surface area (Å²) >= 11 is 0. The van der Waals surface area contributed by atoms with E-state index in [0.717, 1.165) is 37.3 Å². The number of aromatic carboxylic acids is 2. The predicted molar refractivity (Wildman–Crippen MR) is 149 cm³/mol. The molecule has 2 N–H and O–H groups in total. The van der Waals surface area contributed by atoms with Crippen LogP contribution >= 0.6 is 0 Å². The minimum Gasteiger partial charge on any atom is -0.491 e. The fourth-order valence-electron chi connectivity index (χ4n) is 4.25. The Morgan fingerprint density at radius 2 is 1.13 bits per heavy atom. The van der Waals surface area contributed by atoms with Gasteiger partial charge in [-0.3, -0.25) is 0 Å². The fraction of sp³-hybridized carbons (Fsp3) is 0.548. The second-order valence-electron chi connectivity index (χ2n) is 10.0. The molecule has 38 heavy (non-hydrogen) atoms. The first-order valence-corrected chi connectivity index (χ1v) is 13.9. The van der Waals surface area contributed by atoms with Crippen molar-refractivity contribution in [3.8, 4) is 17.2 Å². The number of carboxylic acid groups (broad SMARTS) is 2. The van der Waals surface area contributed by atoms with Gasteiger partial charge in [-0.2, -0.15) is 0 Å². The molecule has 0 fully saturated rings. The van der Waals surface area contributed by atoms with Crippen LogP contribution in [0.1, 0.15) is 118 Å². The third-order valence-electron chi connectivity index (χ3n) is 6.35. The number of benzene rings is 2. The molecule has 7 heteroatoms. The van der Waals surface area contributed by atoms with E-state index in [1.807, 2.05) is 18.2 Å². The van der Waals surface area contributed by atoms with E-state index >= 15 is 0 Å². The van der Waals surface area contributed by atoms with Crippen molar-refractivity contribution in [1.82, 2.24) is 0 Å². The molecular formula is C31H44O7. The van der Waals surface area contributed by atoms with Gasteiger partial charge in [0.2, 0.25) is 0 Å². The molecular weight excluding hydrogens is 484 g/mol. The number of hydrogen-bond acceptors (Lipinski definition) is 5. The fourth-order valence-corrected chi connectivity index (χ4v) is 4.25. The Labute approximate surface area is 227 Å². The molecule has 0 aliphatic heterocycles. The quantitative estimate of drug-likeness (QED) is 0.177. The zero-order valence-corrected chi connectivity index (χ0v) is 23.3. The van der Waals surface area contributed by atoms with Crippen molar-refractivity contribution in [2.24, 2.45) is 0 Å².